The molecule has 0 radical (unpaired) electrons. The SMILES string of the molecule is C[n+]1c2n(c3cn4ccncc4c31)Cc1ccccc1-2.[2H]C([2H])([2H])[n+]1c2n(c3cn4ccncc4c31)Cc1ccccc1-2.c1ccc(-n2c3[n+](c4cn5ccncc5c42)Cc2ccccc2-3)cc1.c1ccc2c(c1)C[n+]1c-2oc2c3cnccn3cc21. The second kappa shape index (κ2) is 17.6. The van der Waals surface area contributed by atoms with Gasteiger partial charge in [0.1, 0.15) is 47.4 Å². The molecule has 0 saturated carbocycles. The van der Waals surface area contributed by atoms with Crippen LogP contribution in [-0.2, 0) is 40.2 Å². The highest BCUT2D eigenvalue weighted by molar-refractivity contribution is 5.95. The molecule has 16 heterocycles. The van der Waals surface area contributed by atoms with Crippen LogP contribution in [-0.4, -0.2) is 51.2 Å². The van der Waals surface area contributed by atoms with Crippen LogP contribution in [0.1, 0.15) is 26.4 Å². The molecule has 0 bridgehead atoms. The topological polar surface area (TPSA) is 113 Å². The summed E-state index contributed by atoms with van der Waals surface area (Å²) in [5, 5.41) is 0. The van der Waals surface area contributed by atoms with Crippen LogP contribution < -0.4 is 18.3 Å². The zero-order valence-corrected chi connectivity index (χ0v) is 45.3. The largest absolute Gasteiger partial charge is 0.395 e. The van der Waals surface area contributed by atoms with Crippen molar-refractivity contribution in [2.75, 3.05) is 0 Å². The summed E-state index contributed by atoms with van der Waals surface area (Å²) in [4.78, 5) is 16.9. The van der Waals surface area contributed by atoms with E-state index in [-0.39, 0.29) is 0 Å². The summed E-state index contributed by atoms with van der Waals surface area (Å²) in [7, 11) is 2.14. The van der Waals surface area contributed by atoms with E-state index in [0.29, 0.717) is 12.1 Å². The number of aryl methyl sites for hydroxylation is 2. The molecule has 0 atom stereocenters. The zero-order valence-electron chi connectivity index (χ0n) is 48.3. The molecule has 12 aromatic heterocycles. The molecule has 17 aromatic rings. The first-order chi connectivity index (χ1) is 42.7. The van der Waals surface area contributed by atoms with Crippen LogP contribution in [0.4, 0.5) is 0 Å². The lowest BCUT2D eigenvalue weighted by molar-refractivity contribution is -0.649. The molecule has 0 fully saturated rings. The Morgan fingerprint density at radius 2 is 0.905 bits per heavy atom. The van der Waals surface area contributed by atoms with Gasteiger partial charge in [0.05, 0.1) is 90.0 Å². The van der Waals surface area contributed by atoms with Gasteiger partial charge in [0, 0.05) is 71.8 Å². The Morgan fingerprint density at radius 3 is 1.52 bits per heavy atom. The van der Waals surface area contributed by atoms with Gasteiger partial charge in [-0.05, 0) is 36.4 Å². The Labute approximate surface area is 482 Å². The van der Waals surface area contributed by atoms with Crippen molar-refractivity contribution in [3.8, 4) is 51.3 Å². The molecule has 400 valence electrons. The van der Waals surface area contributed by atoms with Gasteiger partial charge >= 0.3 is 5.89 Å². The maximum absolute atomic E-state index is 8.05. The second-order valence-electron chi connectivity index (χ2n) is 21.8. The molecule has 16 heteroatoms. The number of rotatable bonds is 1. The van der Waals surface area contributed by atoms with E-state index in [4.69, 9.17) is 8.53 Å². The third kappa shape index (κ3) is 6.58. The lowest BCUT2D eigenvalue weighted by Crippen LogP contribution is -2.31. The Bertz CT molecular complexity index is 5690. The van der Waals surface area contributed by atoms with Crippen LogP contribution in [0.3, 0.4) is 0 Å². The van der Waals surface area contributed by atoms with E-state index in [9.17, 15) is 0 Å². The van der Waals surface area contributed by atoms with Gasteiger partial charge in [0.25, 0.3) is 23.0 Å². The number of para-hydroxylation sites is 1. The van der Waals surface area contributed by atoms with Crippen molar-refractivity contribution in [2.45, 2.75) is 26.2 Å². The van der Waals surface area contributed by atoms with Crippen molar-refractivity contribution in [2.24, 2.45) is 14.0 Å². The van der Waals surface area contributed by atoms with E-state index in [2.05, 4.69) is 195 Å². The van der Waals surface area contributed by atoms with Crippen LogP contribution in [0.15, 0.2) is 231 Å². The van der Waals surface area contributed by atoms with E-state index in [1.165, 1.54) is 77.4 Å². The molecule has 84 heavy (non-hydrogen) atoms. The third-order valence-electron chi connectivity index (χ3n) is 17.4. The molecule has 0 aliphatic carbocycles. The quantitative estimate of drug-likeness (QED) is 0.152. The summed E-state index contributed by atoms with van der Waals surface area (Å²) in [6.07, 6.45) is 30.9. The number of oxazole rings is 1. The molecule has 0 spiro atoms. The minimum atomic E-state index is -2.26. The van der Waals surface area contributed by atoms with Gasteiger partial charge in [0.2, 0.25) is 22.1 Å². The van der Waals surface area contributed by atoms with E-state index in [0.717, 1.165) is 81.2 Å². The molecule has 4 aliphatic heterocycles. The average Bonchev–Trinajstić information content (AvgIpc) is 3.53. The molecule has 21 rings (SSSR count). The first-order valence-electron chi connectivity index (χ1n) is 29.5. The summed E-state index contributed by atoms with van der Waals surface area (Å²) in [6, 6.07) is 44.3. The Balaban J connectivity index is 0.0000000877. The highest BCUT2D eigenvalue weighted by Crippen LogP contribution is 2.39. The molecule has 0 saturated heterocycles. The number of hydrogen-bond acceptors (Lipinski definition) is 5. The molecular weight excluding hydrogens is 1040 g/mol. The van der Waals surface area contributed by atoms with Gasteiger partial charge in [-0.1, -0.05) is 91.0 Å². The first kappa shape index (κ1) is 43.5. The van der Waals surface area contributed by atoms with Gasteiger partial charge in [-0.2, -0.15) is 9.13 Å². The highest BCUT2D eigenvalue weighted by atomic mass is 16.4. The van der Waals surface area contributed by atoms with Crippen molar-refractivity contribution in [1.29, 1.82) is 0 Å². The molecule has 4 aliphatic rings. The number of benzene rings is 5. The standard InChI is InChI=1S/C21H15N4.2C16H13N4.C15H10N3O/c1-2-7-16(8-3-1)25-20-18-12-22-10-11-23(18)14-19(20)24-13-15-6-4-5-9-17(15)21(24)25;2*1-18-15-13-8-17-6-7-19(13)10-14(15)20-9-11-4-2-3-5-12(11)16(18)20;1-2-4-11-10(3-1)8-18-13-9-17-6-5-16-7-12(17)14(13)19-15(11)18/h1-12,14H,13H2;2*2-8,10H,9H2,1H3;1-7,9H,8H2/q4*+1/i;1D3;;. The van der Waals surface area contributed by atoms with Crippen molar-refractivity contribution in [3.63, 3.8) is 0 Å². The van der Waals surface area contributed by atoms with E-state index < -0.39 is 6.98 Å². The molecule has 0 amide bonds. The number of aromatic nitrogens is 15. The zero-order chi connectivity index (χ0) is 57.8. The highest BCUT2D eigenvalue weighted by Gasteiger charge is 2.39. The minimum absolute atomic E-state index is 0.690. The Morgan fingerprint density at radius 1 is 0.440 bits per heavy atom. The van der Waals surface area contributed by atoms with Crippen molar-refractivity contribution in [3.05, 3.63) is 249 Å². The number of nitrogens with zero attached hydrogens (tertiary/aromatic N) is 15. The number of imidazole rings is 3. The fraction of sp³-hybridized carbons (Fsp3) is 0.0882. The molecule has 5 aromatic carbocycles. The summed E-state index contributed by atoms with van der Waals surface area (Å²) >= 11 is 0. The van der Waals surface area contributed by atoms with Crippen LogP contribution in [0.5, 0.6) is 0 Å². The fourth-order valence-electron chi connectivity index (χ4n) is 13.7. The van der Waals surface area contributed by atoms with Gasteiger partial charge in [-0.25, -0.2) is 22.8 Å². The predicted octanol–water partition coefficient (Wildman–Crippen LogP) is 10.3. The second-order valence-corrected chi connectivity index (χ2v) is 21.8. The lowest BCUT2D eigenvalue weighted by Gasteiger charge is -2.02. The van der Waals surface area contributed by atoms with Gasteiger partial charge in [-0.3, -0.25) is 19.9 Å². The van der Waals surface area contributed by atoms with Crippen LogP contribution in [0.2, 0.25) is 0 Å². The fourth-order valence-corrected chi connectivity index (χ4v) is 13.7. The summed E-state index contributed by atoms with van der Waals surface area (Å²) in [5.41, 5.74) is 24.0. The predicted molar refractivity (Wildman–Crippen MR) is 319 cm³/mol. The van der Waals surface area contributed by atoms with Gasteiger partial charge in [-0.15, -0.1) is 0 Å². The van der Waals surface area contributed by atoms with Crippen LogP contribution in [0.25, 0.3) is 118 Å². The molecule has 0 N–H and O–H groups in total. The summed E-state index contributed by atoms with van der Waals surface area (Å²) in [6.45, 7) is 1.17. The van der Waals surface area contributed by atoms with Crippen molar-refractivity contribution >= 4 is 66.3 Å². The van der Waals surface area contributed by atoms with Crippen LogP contribution in [0, 0.1) is 0 Å². The van der Waals surface area contributed by atoms with E-state index >= 15 is 0 Å². The monoisotopic (exact) mass is 1100 g/mol. The summed E-state index contributed by atoms with van der Waals surface area (Å²) in [5.74, 6) is 4.24. The average molecular weight is 1100 g/mol. The molecule has 0 unspecified atom stereocenters. The van der Waals surface area contributed by atoms with E-state index in [1.807, 2.05) is 84.6 Å². The Kier molecular flexibility index (Phi) is 9.13. The normalized spacial score (nSPS) is 13.6. The third-order valence-corrected chi connectivity index (χ3v) is 17.4. The number of fused-ring (bicyclic) bond motifs is 28. The van der Waals surface area contributed by atoms with Gasteiger partial charge in [0.15, 0.2) is 23.1 Å². The maximum Gasteiger partial charge on any atom is 0.382 e. The lowest BCUT2D eigenvalue weighted by atomic mass is 10.1. The van der Waals surface area contributed by atoms with E-state index in [1.54, 1.807) is 18.6 Å². The van der Waals surface area contributed by atoms with Crippen LogP contribution >= 0.6 is 0 Å². The minimum Gasteiger partial charge on any atom is -0.395 e. The maximum atomic E-state index is 8.05. The first-order valence-corrected chi connectivity index (χ1v) is 28.0. The summed E-state index contributed by atoms with van der Waals surface area (Å²) < 4.78 is 53.8. The van der Waals surface area contributed by atoms with Gasteiger partial charge < -0.3 is 22.0 Å². The molecular formula is C68H51N15O+4. The van der Waals surface area contributed by atoms with Crippen molar-refractivity contribution in [1.82, 2.24) is 51.2 Å². The Hall–Kier alpha value is -11.3. The van der Waals surface area contributed by atoms with Crippen molar-refractivity contribution < 1.29 is 26.8 Å². The number of hydrogen-bond donors (Lipinski definition) is 0. The smallest absolute Gasteiger partial charge is 0.382 e. The molecule has 16 nitrogen and oxygen atoms in total.